The number of sulfone groups is 1. The molecule has 0 saturated carbocycles. The molecule has 112 valence electrons. The molecule has 3 nitrogen and oxygen atoms in total. The molecule has 0 N–H and O–H groups in total. The van der Waals surface area contributed by atoms with Crippen LogP contribution in [-0.4, -0.2) is 21.3 Å². The number of benzene rings is 2. The highest BCUT2D eigenvalue weighted by Gasteiger charge is 2.12. The van der Waals surface area contributed by atoms with E-state index in [1.807, 2.05) is 6.07 Å². The van der Waals surface area contributed by atoms with Crippen LogP contribution in [0.1, 0.15) is 6.92 Å². The van der Waals surface area contributed by atoms with Crippen molar-refractivity contribution < 1.29 is 13.2 Å². The summed E-state index contributed by atoms with van der Waals surface area (Å²) in [6.45, 7) is 1.63. The fourth-order valence-corrected chi connectivity index (χ4v) is 3.82. The molecule has 21 heavy (non-hydrogen) atoms. The van der Waals surface area contributed by atoms with E-state index < -0.39 is 9.84 Å². The Balaban J connectivity index is 2.27. The highest BCUT2D eigenvalue weighted by atomic mass is 35.5. The average molecular weight is 343 g/mol. The number of rotatable bonds is 5. The Labute approximate surface area is 134 Å². The van der Waals surface area contributed by atoms with E-state index >= 15 is 0 Å². The van der Waals surface area contributed by atoms with Gasteiger partial charge in [0.25, 0.3) is 0 Å². The average Bonchev–Trinajstić information content (AvgIpc) is 2.48. The molecule has 0 bridgehead atoms. The molecule has 0 aliphatic heterocycles. The van der Waals surface area contributed by atoms with Crippen LogP contribution in [0, 0.1) is 0 Å². The highest BCUT2D eigenvalue weighted by molar-refractivity contribution is 7.99. The smallest absolute Gasteiger partial charge is 0.178 e. The maximum Gasteiger partial charge on any atom is 0.178 e. The summed E-state index contributed by atoms with van der Waals surface area (Å²) in [4.78, 5) is 2.15. The van der Waals surface area contributed by atoms with E-state index in [2.05, 4.69) is 0 Å². The molecule has 0 aliphatic carbocycles. The van der Waals surface area contributed by atoms with E-state index in [1.54, 1.807) is 50.4 Å². The molecule has 0 aromatic heterocycles. The van der Waals surface area contributed by atoms with Gasteiger partial charge in [0.15, 0.2) is 9.84 Å². The molecule has 0 atom stereocenters. The lowest BCUT2D eigenvalue weighted by atomic mass is 10.3. The van der Waals surface area contributed by atoms with Gasteiger partial charge in [-0.2, -0.15) is 0 Å². The van der Waals surface area contributed by atoms with Crippen molar-refractivity contribution in [2.24, 2.45) is 0 Å². The molecule has 0 amide bonds. The quantitative estimate of drug-likeness (QED) is 0.812. The summed E-state index contributed by atoms with van der Waals surface area (Å²) in [5, 5.41) is 0.628. The Hall–Kier alpha value is -1.17. The van der Waals surface area contributed by atoms with Gasteiger partial charge >= 0.3 is 0 Å². The third-order valence-electron chi connectivity index (χ3n) is 2.92. The van der Waals surface area contributed by atoms with Crippen LogP contribution in [0.25, 0.3) is 0 Å². The lowest BCUT2D eigenvalue weighted by molar-refractivity contribution is 0.405. The Kier molecular flexibility index (Phi) is 5.19. The Bertz CT molecular complexity index is 725. The zero-order valence-corrected chi connectivity index (χ0v) is 14.1. The van der Waals surface area contributed by atoms with Gasteiger partial charge in [0, 0.05) is 9.92 Å². The van der Waals surface area contributed by atoms with E-state index in [0.717, 1.165) is 15.5 Å². The van der Waals surface area contributed by atoms with Crippen LogP contribution >= 0.6 is 23.4 Å². The SMILES string of the molecule is CCS(=O)(=O)c1ccc(Sc2cc(Cl)ccc2OC)cc1. The molecular formula is C15H15ClO3S2. The first-order valence-corrected chi connectivity index (χ1v) is 9.15. The minimum absolute atomic E-state index is 0.0988. The fraction of sp³-hybridized carbons (Fsp3) is 0.200. The summed E-state index contributed by atoms with van der Waals surface area (Å²) in [5.74, 6) is 0.830. The van der Waals surface area contributed by atoms with Crippen molar-refractivity contribution >= 4 is 33.2 Å². The topological polar surface area (TPSA) is 43.4 Å². The van der Waals surface area contributed by atoms with Crippen molar-refractivity contribution in [3.8, 4) is 5.75 Å². The van der Waals surface area contributed by atoms with Gasteiger partial charge in [-0.25, -0.2) is 8.42 Å². The molecule has 0 aliphatic rings. The van der Waals surface area contributed by atoms with Crippen LogP contribution in [0.2, 0.25) is 5.02 Å². The molecule has 0 fully saturated rings. The minimum atomic E-state index is -3.16. The fourth-order valence-electron chi connectivity index (χ4n) is 1.74. The van der Waals surface area contributed by atoms with Crippen LogP contribution in [0.15, 0.2) is 57.2 Å². The summed E-state index contributed by atoms with van der Waals surface area (Å²) in [5.41, 5.74) is 0. The Morgan fingerprint density at radius 1 is 1.14 bits per heavy atom. The van der Waals surface area contributed by atoms with Crippen LogP contribution in [0.4, 0.5) is 0 Å². The van der Waals surface area contributed by atoms with E-state index in [-0.39, 0.29) is 5.75 Å². The van der Waals surface area contributed by atoms with E-state index in [0.29, 0.717) is 9.92 Å². The predicted molar refractivity (Wildman–Crippen MR) is 86.3 cm³/mol. The van der Waals surface area contributed by atoms with Crippen LogP contribution < -0.4 is 4.74 Å². The lowest BCUT2D eigenvalue weighted by Crippen LogP contribution is -2.02. The second-order valence-corrected chi connectivity index (χ2v) is 8.10. The van der Waals surface area contributed by atoms with Gasteiger partial charge < -0.3 is 4.74 Å². The summed E-state index contributed by atoms with van der Waals surface area (Å²) >= 11 is 7.47. The minimum Gasteiger partial charge on any atom is -0.496 e. The maximum absolute atomic E-state index is 11.8. The Morgan fingerprint density at radius 3 is 2.38 bits per heavy atom. The molecule has 0 radical (unpaired) electrons. The number of halogens is 1. The maximum atomic E-state index is 11.8. The molecule has 2 aromatic rings. The third-order valence-corrected chi connectivity index (χ3v) is 5.95. The zero-order valence-electron chi connectivity index (χ0n) is 11.7. The van der Waals surface area contributed by atoms with E-state index in [9.17, 15) is 8.42 Å². The summed E-state index contributed by atoms with van der Waals surface area (Å²) in [7, 11) is -1.56. The summed E-state index contributed by atoms with van der Waals surface area (Å²) < 4.78 is 28.8. The van der Waals surface area contributed by atoms with Crippen molar-refractivity contribution in [2.75, 3.05) is 12.9 Å². The predicted octanol–water partition coefficient (Wildman–Crippen LogP) is 4.29. The molecule has 2 aromatic carbocycles. The highest BCUT2D eigenvalue weighted by Crippen LogP contribution is 2.36. The number of ether oxygens (including phenoxy) is 1. The largest absolute Gasteiger partial charge is 0.496 e. The van der Waals surface area contributed by atoms with Crippen molar-refractivity contribution in [3.05, 3.63) is 47.5 Å². The van der Waals surface area contributed by atoms with Gasteiger partial charge in [-0.3, -0.25) is 0 Å². The van der Waals surface area contributed by atoms with Crippen LogP contribution in [0.3, 0.4) is 0 Å². The second kappa shape index (κ2) is 6.73. The van der Waals surface area contributed by atoms with Crippen molar-refractivity contribution in [1.29, 1.82) is 0 Å². The zero-order chi connectivity index (χ0) is 15.5. The number of hydrogen-bond acceptors (Lipinski definition) is 4. The van der Waals surface area contributed by atoms with Gasteiger partial charge in [-0.1, -0.05) is 30.3 Å². The number of hydrogen-bond donors (Lipinski definition) is 0. The van der Waals surface area contributed by atoms with Gasteiger partial charge in [0.1, 0.15) is 5.75 Å². The van der Waals surface area contributed by atoms with Crippen molar-refractivity contribution in [3.63, 3.8) is 0 Å². The first-order chi connectivity index (χ1) is 9.96. The molecule has 6 heteroatoms. The first kappa shape index (κ1) is 16.2. The van der Waals surface area contributed by atoms with Crippen LogP contribution in [0.5, 0.6) is 5.75 Å². The molecular weight excluding hydrogens is 328 g/mol. The van der Waals surface area contributed by atoms with Gasteiger partial charge in [0.05, 0.1) is 22.7 Å². The second-order valence-electron chi connectivity index (χ2n) is 4.27. The molecule has 0 saturated heterocycles. The molecule has 0 spiro atoms. The van der Waals surface area contributed by atoms with Crippen LogP contribution in [-0.2, 0) is 9.84 Å². The first-order valence-electron chi connectivity index (χ1n) is 6.30. The molecule has 0 heterocycles. The Morgan fingerprint density at radius 2 is 1.81 bits per heavy atom. The summed E-state index contributed by atoms with van der Waals surface area (Å²) in [6, 6.07) is 12.2. The van der Waals surface area contributed by atoms with E-state index in [1.165, 1.54) is 11.8 Å². The molecule has 2 rings (SSSR count). The van der Waals surface area contributed by atoms with Gasteiger partial charge in [-0.15, -0.1) is 0 Å². The van der Waals surface area contributed by atoms with Gasteiger partial charge in [0.2, 0.25) is 0 Å². The van der Waals surface area contributed by atoms with E-state index in [4.69, 9.17) is 16.3 Å². The standard InChI is InChI=1S/C15H15ClO3S2/c1-3-21(17,18)13-7-5-12(6-8-13)20-15-10-11(16)4-9-14(15)19-2/h4-10H,3H2,1-2H3. The normalized spacial score (nSPS) is 11.4. The monoisotopic (exact) mass is 342 g/mol. The molecule has 0 unspecified atom stereocenters. The lowest BCUT2D eigenvalue weighted by Gasteiger charge is -2.09. The van der Waals surface area contributed by atoms with Gasteiger partial charge in [-0.05, 0) is 42.5 Å². The number of methoxy groups -OCH3 is 1. The van der Waals surface area contributed by atoms with Crippen molar-refractivity contribution in [1.82, 2.24) is 0 Å². The van der Waals surface area contributed by atoms with Crippen molar-refractivity contribution in [2.45, 2.75) is 21.6 Å². The summed E-state index contributed by atoms with van der Waals surface area (Å²) in [6.07, 6.45) is 0. The third kappa shape index (κ3) is 3.93.